The number of hydrazone groups is 1. The smallest absolute Gasteiger partial charge is 0.287 e. The molecule has 0 aliphatic heterocycles. The van der Waals surface area contributed by atoms with E-state index in [-0.39, 0.29) is 5.70 Å². The molecule has 2 N–H and O–H groups in total. The number of hydrogen-bond donors (Lipinski definition) is 2. The van der Waals surface area contributed by atoms with Crippen LogP contribution in [0.1, 0.15) is 28.4 Å². The van der Waals surface area contributed by atoms with Crippen LogP contribution in [0.4, 0.5) is 0 Å². The second kappa shape index (κ2) is 12.8. The molecule has 0 atom stereocenters. The highest BCUT2D eigenvalue weighted by Crippen LogP contribution is 2.29. The first kappa shape index (κ1) is 26.8. The molecular weight excluding hydrogens is 474 g/mol. The maximum Gasteiger partial charge on any atom is 0.287 e. The van der Waals surface area contributed by atoms with Crippen molar-refractivity contribution in [2.24, 2.45) is 5.10 Å². The standard InChI is InChI=1S/C28H29N3O6/c1-18(21-12-14-24(35-3)26(17-21)37-5)30-31-28(33)22(29-27(32)20-9-7-6-8-10-20)15-19-11-13-23(34-2)25(16-19)36-4/h6-17H,1-5H3,(H,29,32)(H,31,33). The predicted octanol–water partition coefficient (Wildman–Crippen LogP) is 4.03. The van der Waals surface area contributed by atoms with Gasteiger partial charge < -0.3 is 24.3 Å². The summed E-state index contributed by atoms with van der Waals surface area (Å²) in [4.78, 5) is 26.0. The summed E-state index contributed by atoms with van der Waals surface area (Å²) in [5, 5.41) is 6.89. The molecule has 9 heteroatoms. The Morgan fingerprint density at radius 3 is 1.95 bits per heavy atom. The Morgan fingerprint density at radius 2 is 1.32 bits per heavy atom. The fourth-order valence-electron chi connectivity index (χ4n) is 3.37. The number of methoxy groups -OCH3 is 4. The number of carbonyl (C=O) groups is 2. The number of rotatable bonds is 10. The molecule has 0 saturated carbocycles. The Balaban J connectivity index is 1.90. The molecule has 0 fully saturated rings. The minimum absolute atomic E-state index is 0.00932. The van der Waals surface area contributed by atoms with Crippen molar-refractivity contribution in [2.45, 2.75) is 6.92 Å². The highest BCUT2D eigenvalue weighted by Gasteiger charge is 2.16. The molecule has 0 spiro atoms. The fourth-order valence-corrected chi connectivity index (χ4v) is 3.37. The van der Waals surface area contributed by atoms with Gasteiger partial charge in [0.05, 0.1) is 34.2 Å². The lowest BCUT2D eigenvalue weighted by molar-refractivity contribution is -0.117. The van der Waals surface area contributed by atoms with Gasteiger partial charge in [0, 0.05) is 11.1 Å². The average molecular weight is 504 g/mol. The van der Waals surface area contributed by atoms with Crippen molar-refractivity contribution in [3.05, 3.63) is 89.1 Å². The number of nitrogens with zero attached hydrogens (tertiary/aromatic N) is 1. The molecule has 3 aromatic carbocycles. The first-order valence-electron chi connectivity index (χ1n) is 11.3. The Bertz CT molecular complexity index is 1320. The molecular formula is C28H29N3O6. The molecule has 3 rings (SSSR count). The number of hydrogen-bond acceptors (Lipinski definition) is 7. The maximum atomic E-state index is 13.1. The number of ether oxygens (including phenoxy) is 4. The van der Waals surface area contributed by atoms with Gasteiger partial charge in [0.25, 0.3) is 11.8 Å². The van der Waals surface area contributed by atoms with E-state index in [1.807, 2.05) is 0 Å². The van der Waals surface area contributed by atoms with E-state index in [0.29, 0.717) is 39.8 Å². The van der Waals surface area contributed by atoms with Gasteiger partial charge in [-0.05, 0) is 61.0 Å². The van der Waals surface area contributed by atoms with Crippen LogP contribution in [0.2, 0.25) is 0 Å². The molecule has 0 unspecified atom stereocenters. The van der Waals surface area contributed by atoms with Crippen molar-refractivity contribution < 1.29 is 28.5 Å². The summed E-state index contributed by atoms with van der Waals surface area (Å²) in [6, 6.07) is 19.0. The van der Waals surface area contributed by atoms with Gasteiger partial charge in [-0.25, -0.2) is 5.43 Å². The first-order valence-corrected chi connectivity index (χ1v) is 11.3. The third kappa shape index (κ3) is 6.88. The van der Waals surface area contributed by atoms with Gasteiger partial charge in [0.2, 0.25) is 0 Å². The summed E-state index contributed by atoms with van der Waals surface area (Å²) < 4.78 is 21.2. The van der Waals surface area contributed by atoms with E-state index >= 15 is 0 Å². The van der Waals surface area contributed by atoms with Crippen LogP contribution in [0.15, 0.2) is 77.5 Å². The van der Waals surface area contributed by atoms with E-state index in [0.717, 1.165) is 5.56 Å². The Kier molecular flexibility index (Phi) is 9.26. The Hall–Kier alpha value is -4.79. The topological polar surface area (TPSA) is 107 Å². The van der Waals surface area contributed by atoms with Gasteiger partial charge in [0.1, 0.15) is 5.70 Å². The monoisotopic (exact) mass is 503 g/mol. The molecule has 0 saturated heterocycles. The summed E-state index contributed by atoms with van der Waals surface area (Å²) >= 11 is 0. The van der Waals surface area contributed by atoms with Crippen LogP contribution in [0.3, 0.4) is 0 Å². The van der Waals surface area contributed by atoms with Crippen LogP contribution in [-0.4, -0.2) is 46.0 Å². The molecule has 0 radical (unpaired) electrons. The van der Waals surface area contributed by atoms with E-state index in [4.69, 9.17) is 18.9 Å². The van der Waals surface area contributed by atoms with Crippen LogP contribution in [0.25, 0.3) is 6.08 Å². The van der Waals surface area contributed by atoms with Crippen molar-refractivity contribution in [2.75, 3.05) is 28.4 Å². The fraction of sp³-hybridized carbons (Fsp3) is 0.179. The summed E-state index contributed by atoms with van der Waals surface area (Å²) in [6.07, 6.45) is 1.53. The molecule has 9 nitrogen and oxygen atoms in total. The van der Waals surface area contributed by atoms with Gasteiger partial charge in [-0.15, -0.1) is 0 Å². The Morgan fingerprint density at radius 1 is 0.730 bits per heavy atom. The second-order valence-electron chi connectivity index (χ2n) is 7.70. The van der Waals surface area contributed by atoms with E-state index in [1.54, 1.807) is 80.8 Å². The quantitative estimate of drug-likeness (QED) is 0.246. The van der Waals surface area contributed by atoms with Crippen LogP contribution in [0, 0.1) is 0 Å². The lowest BCUT2D eigenvalue weighted by Crippen LogP contribution is -2.33. The van der Waals surface area contributed by atoms with E-state index in [2.05, 4.69) is 15.8 Å². The maximum absolute atomic E-state index is 13.1. The van der Waals surface area contributed by atoms with Gasteiger partial charge in [-0.1, -0.05) is 24.3 Å². The molecule has 0 bridgehead atoms. The number of amides is 2. The summed E-state index contributed by atoms with van der Waals surface area (Å²) in [7, 11) is 6.14. The number of benzene rings is 3. The van der Waals surface area contributed by atoms with Crippen LogP contribution in [-0.2, 0) is 4.79 Å². The van der Waals surface area contributed by atoms with E-state index in [9.17, 15) is 9.59 Å². The average Bonchev–Trinajstić information content (AvgIpc) is 2.95. The molecule has 0 aliphatic carbocycles. The van der Waals surface area contributed by atoms with Crippen molar-refractivity contribution in [3.8, 4) is 23.0 Å². The van der Waals surface area contributed by atoms with Crippen LogP contribution >= 0.6 is 0 Å². The van der Waals surface area contributed by atoms with Crippen molar-refractivity contribution in [1.82, 2.24) is 10.7 Å². The molecule has 0 aliphatic rings. The Labute approximate surface area is 215 Å². The van der Waals surface area contributed by atoms with Crippen molar-refractivity contribution in [1.29, 1.82) is 0 Å². The second-order valence-corrected chi connectivity index (χ2v) is 7.70. The SMILES string of the molecule is COc1ccc(C=C(NC(=O)c2ccccc2)C(=O)NN=C(C)c2ccc(OC)c(OC)c2)cc1OC. The zero-order chi connectivity index (χ0) is 26.8. The van der Waals surface area contributed by atoms with Crippen molar-refractivity contribution >= 4 is 23.6 Å². The molecule has 0 heterocycles. The van der Waals surface area contributed by atoms with Crippen molar-refractivity contribution in [3.63, 3.8) is 0 Å². The van der Waals surface area contributed by atoms with Gasteiger partial charge >= 0.3 is 0 Å². The largest absolute Gasteiger partial charge is 0.493 e. The molecule has 2 amide bonds. The molecule has 3 aromatic rings. The zero-order valence-electron chi connectivity index (χ0n) is 21.3. The lowest BCUT2D eigenvalue weighted by Gasteiger charge is -2.12. The highest BCUT2D eigenvalue weighted by molar-refractivity contribution is 6.06. The highest BCUT2D eigenvalue weighted by atomic mass is 16.5. The molecule has 0 aromatic heterocycles. The van der Waals surface area contributed by atoms with Gasteiger partial charge in [0.15, 0.2) is 23.0 Å². The third-order valence-electron chi connectivity index (χ3n) is 5.37. The third-order valence-corrected chi connectivity index (χ3v) is 5.37. The number of nitrogens with one attached hydrogen (secondary N) is 2. The minimum atomic E-state index is -0.612. The van der Waals surface area contributed by atoms with E-state index < -0.39 is 11.8 Å². The summed E-state index contributed by atoms with van der Waals surface area (Å²) in [5.74, 6) is 1.07. The molecule has 37 heavy (non-hydrogen) atoms. The summed E-state index contributed by atoms with van der Waals surface area (Å²) in [6.45, 7) is 1.74. The molecule has 192 valence electrons. The van der Waals surface area contributed by atoms with Crippen LogP contribution < -0.4 is 29.7 Å². The lowest BCUT2D eigenvalue weighted by atomic mass is 10.1. The normalized spacial score (nSPS) is 11.4. The predicted molar refractivity (Wildman–Crippen MR) is 141 cm³/mol. The van der Waals surface area contributed by atoms with Gasteiger partial charge in [-0.2, -0.15) is 5.10 Å². The van der Waals surface area contributed by atoms with E-state index in [1.165, 1.54) is 27.4 Å². The zero-order valence-corrected chi connectivity index (χ0v) is 21.3. The minimum Gasteiger partial charge on any atom is -0.493 e. The number of carbonyl (C=O) groups excluding carboxylic acids is 2. The van der Waals surface area contributed by atoms with Crippen LogP contribution in [0.5, 0.6) is 23.0 Å². The first-order chi connectivity index (χ1) is 17.9. The summed E-state index contributed by atoms with van der Waals surface area (Å²) in [5.41, 5.74) is 4.76. The van der Waals surface area contributed by atoms with Gasteiger partial charge in [-0.3, -0.25) is 9.59 Å².